The Morgan fingerprint density at radius 3 is 2.35 bits per heavy atom. The van der Waals surface area contributed by atoms with Crippen molar-refractivity contribution in [2.24, 2.45) is 4.99 Å². The molecule has 1 aliphatic heterocycles. The highest BCUT2D eigenvalue weighted by Crippen LogP contribution is 2.42. The molecule has 46 heavy (non-hydrogen) atoms. The Morgan fingerprint density at radius 2 is 1.65 bits per heavy atom. The number of rotatable bonds is 15. The van der Waals surface area contributed by atoms with E-state index in [9.17, 15) is 4.79 Å². The second-order valence-electron chi connectivity index (χ2n) is 10.8. The van der Waals surface area contributed by atoms with Crippen molar-refractivity contribution >= 4 is 27.7 Å². The normalized spacial score (nSPS) is 17.1. The Bertz CT molecular complexity index is 1620. The van der Waals surface area contributed by atoms with E-state index in [2.05, 4.69) is 26.8 Å². The molecule has 3 N–H and O–H groups in total. The van der Waals surface area contributed by atoms with Gasteiger partial charge in [-0.2, -0.15) is 0 Å². The first kappa shape index (κ1) is 33.0. The van der Waals surface area contributed by atoms with Crippen LogP contribution >= 0.6 is 15.9 Å². The van der Waals surface area contributed by atoms with Crippen molar-refractivity contribution in [1.82, 2.24) is 10.9 Å². The molecule has 0 unspecified atom stereocenters. The number of hydrazine groups is 1. The van der Waals surface area contributed by atoms with Gasteiger partial charge in [0.2, 0.25) is 5.90 Å². The number of amides is 1. The molecule has 5 rings (SSSR count). The number of carbonyl (C=O) groups excluding carboxylic acids is 1. The molecule has 4 aromatic rings. The van der Waals surface area contributed by atoms with Crippen LogP contribution in [0.4, 0.5) is 0 Å². The number of benzene rings is 4. The van der Waals surface area contributed by atoms with Crippen LogP contribution in [0.3, 0.4) is 0 Å². The van der Waals surface area contributed by atoms with E-state index in [1.54, 1.807) is 14.2 Å². The van der Waals surface area contributed by atoms with Crippen molar-refractivity contribution in [1.29, 1.82) is 0 Å². The lowest BCUT2D eigenvalue weighted by Crippen LogP contribution is -2.54. The predicted molar refractivity (Wildman–Crippen MR) is 180 cm³/mol. The number of carbonyl (C=O) groups is 1. The highest BCUT2D eigenvalue weighted by molar-refractivity contribution is 9.10. The summed E-state index contributed by atoms with van der Waals surface area (Å²) in [5.74, 6) is 2.04. The van der Waals surface area contributed by atoms with Crippen LogP contribution in [0.1, 0.15) is 34.8 Å². The van der Waals surface area contributed by atoms with E-state index in [0.29, 0.717) is 55.6 Å². The summed E-state index contributed by atoms with van der Waals surface area (Å²) in [6.45, 7) is 0.955. The van der Waals surface area contributed by atoms with Gasteiger partial charge in [0.1, 0.15) is 5.75 Å². The fourth-order valence-electron chi connectivity index (χ4n) is 5.32. The summed E-state index contributed by atoms with van der Waals surface area (Å²) in [5, 5.41) is 9.06. The molecular formula is C36H38BrN3O6. The van der Waals surface area contributed by atoms with Crippen LogP contribution in [-0.2, 0) is 22.4 Å². The van der Waals surface area contributed by atoms with E-state index in [1.165, 1.54) is 0 Å². The molecule has 0 saturated carbocycles. The van der Waals surface area contributed by atoms with Crippen molar-refractivity contribution in [2.75, 3.05) is 34.0 Å². The fourth-order valence-corrected chi connectivity index (χ4v) is 5.58. The summed E-state index contributed by atoms with van der Waals surface area (Å²) in [6.07, 6.45) is 0.794. The molecule has 1 amide bonds. The molecule has 0 bridgehead atoms. The molecule has 0 aliphatic carbocycles. The summed E-state index contributed by atoms with van der Waals surface area (Å²) in [6, 6.07) is 30.7. The predicted octanol–water partition coefficient (Wildman–Crippen LogP) is 5.59. The van der Waals surface area contributed by atoms with Gasteiger partial charge in [-0.05, 0) is 71.6 Å². The number of ether oxygens (including phenoxy) is 4. The second-order valence-corrected chi connectivity index (χ2v) is 11.7. The van der Waals surface area contributed by atoms with Crippen LogP contribution in [0.25, 0.3) is 0 Å². The molecular weight excluding hydrogens is 650 g/mol. The molecule has 0 spiro atoms. The van der Waals surface area contributed by atoms with Gasteiger partial charge in [0.05, 0.1) is 20.8 Å². The highest BCUT2D eigenvalue weighted by atomic mass is 79.9. The highest BCUT2D eigenvalue weighted by Gasteiger charge is 2.53. The maximum absolute atomic E-state index is 14.3. The van der Waals surface area contributed by atoms with E-state index in [0.717, 1.165) is 26.7 Å². The number of aliphatic hydroxyl groups is 1. The lowest BCUT2D eigenvalue weighted by molar-refractivity contribution is -0.130. The lowest BCUT2D eigenvalue weighted by Gasteiger charge is -2.31. The van der Waals surface area contributed by atoms with Gasteiger partial charge in [-0.25, -0.2) is 10.4 Å². The summed E-state index contributed by atoms with van der Waals surface area (Å²) >= 11 is 3.51. The Labute approximate surface area is 277 Å². The van der Waals surface area contributed by atoms with Crippen LogP contribution in [0.15, 0.2) is 107 Å². The molecule has 2 atom stereocenters. The first-order chi connectivity index (χ1) is 22.5. The van der Waals surface area contributed by atoms with Crippen LogP contribution in [0.5, 0.6) is 17.2 Å². The third kappa shape index (κ3) is 7.88. The topological polar surface area (TPSA) is 111 Å². The zero-order valence-corrected chi connectivity index (χ0v) is 27.5. The van der Waals surface area contributed by atoms with E-state index in [1.807, 2.05) is 97.1 Å². The third-order valence-electron chi connectivity index (χ3n) is 7.71. The minimum atomic E-state index is -1.32. The van der Waals surface area contributed by atoms with E-state index >= 15 is 0 Å². The SMILES string of the molecule is COc1ccc(CCNNC(=O)[C@@]2(Cc3ccc(Br)cc3)N=C(c3ccc(OCCCO)cc3)O[C@H]2c2ccccc2)cc1OC. The average Bonchev–Trinajstić information content (AvgIpc) is 3.48. The minimum absolute atomic E-state index is 0.0667. The van der Waals surface area contributed by atoms with Crippen LogP contribution in [-0.4, -0.2) is 56.4 Å². The molecule has 0 radical (unpaired) electrons. The van der Waals surface area contributed by atoms with Gasteiger partial charge in [0.15, 0.2) is 23.1 Å². The standard InChI is InChI=1S/C36H38BrN3O6/c1-43-31-18-11-25(23-32(31)44-2)19-20-38-40-35(42)36(24-26-9-14-29(37)15-10-26)33(27-7-4-3-5-8-27)46-34(39-36)28-12-16-30(17-13-28)45-22-6-21-41/h3-5,7-18,23,33,38,41H,6,19-22,24H2,1-2H3,(H,40,42)/t33-,36-/m0/s1. The Hall–Kier alpha value is -4.38. The summed E-state index contributed by atoms with van der Waals surface area (Å²) in [5.41, 5.74) is 8.26. The van der Waals surface area contributed by atoms with Crippen LogP contribution in [0, 0.1) is 0 Å². The molecule has 240 valence electrons. The Balaban J connectivity index is 1.43. The quantitative estimate of drug-likeness (QED) is 0.110. The van der Waals surface area contributed by atoms with Crippen molar-refractivity contribution in [3.63, 3.8) is 0 Å². The first-order valence-electron chi connectivity index (χ1n) is 15.1. The van der Waals surface area contributed by atoms with Crippen molar-refractivity contribution in [3.05, 3.63) is 124 Å². The number of methoxy groups -OCH3 is 2. The van der Waals surface area contributed by atoms with Gasteiger partial charge < -0.3 is 24.1 Å². The van der Waals surface area contributed by atoms with Gasteiger partial charge in [0, 0.05) is 36.0 Å². The second kappa shape index (κ2) is 15.8. The van der Waals surface area contributed by atoms with Gasteiger partial charge in [-0.15, -0.1) is 0 Å². The molecule has 0 aromatic heterocycles. The maximum Gasteiger partial charge on any atom is 0.266 e. The van der Waals surface area contributed by atoms with Crippen LogP contribution < -0.4 is 25.1 Å². The zero-order valence-electron chi connectivity index (χ0n) is 25.9. The molecule has 0 saturated heterocycles. The number of hydrogen-bond acceptors (Lipinski definition) is 8. The van der Waals surface area contributed by atoms with Crippen molar-refractivity contribution in [3.8, 4) is 17.2 Å². The van der Waals surface area contributed by atoms with Crippen molar-refractivity contribution < 1.29 is 28.8 Å². The molecule has 10 heteroatoms. The number of nitrogens with one attached hydrogen (secondary N) is 2. The Kier molecular flexibility index (Phi) is 11.3. The van der Waals surface area contributed by atoms with Gasteiger partial charge in [0.25, 0.3) is 5.91 Å². The summed E-state index contributed by atoms with van der Waals surface area (Å²) in [7, 11) is 3.21. The average molecular weight is 689 g/mol. The number of hydrogen-bond donors (Lipinski definition) is 3. The van der Waals surface area contributed by atoms with Gasteiger partial charge >= 0.3 is 0 Å². The Morgan fingerprint density at radius 1 is 0.935 bits per heavy atom. The summed E-state index contributed by atoms with van der Waals surface area (Å²) in [4.78, 5) is 19.4. The first-order valence-corrected chi connectivity index (χ1v) is 15.9. The monoisotopic (exact) mass is 687 g/mol. The number of aliphatic hydroxyl groups excluding tert-OH is 1. The molecule has 1 heterocycles. The smallest absolute Gasteiger partial charge is 0.266 e. The number of aliphatic imine (C=N–C) groups is 1. The van der Waals surface area contributed by atoms with E-state index in [4.69, 9.17) is 29.0 Å². The fraction of sp³-hybridized carbons (Fsp3) is 0.278. The van der Waals surface area contributed by atoms with Crippen molar-refractivity contribution in [2.45, 2.75) is 30.9 Å². The lowest BCUT2D eigenvalue weighted by atomic mass is 9.82. The van der Waals surface area contributed by atoms with E-state index in [-0.39, 0.29) is 12.5 Å². The largest absolute Gasteiger partial charge is 0.494 e. The zero-order chi connectivity index (χ0) is 32.4. The maximum atomic E-state index is 14.3. The number of nitrogens with zero attached hydrogens (tertiary/aromatic N) is 1. The molecule has 9 nitrogen and oxygen atoms in total. The van der Waals surface area contributed by atoms with Gasteiger partial charge in [-0.3, -0.25) is 10.2 Å². The molecule has 0 fully saturated rings. The minimum Gasteiger partial charge on any atom is -0.494 e. The summed E-state index contributed by atoms with van der Waals surface area (Å²) < 4.78 is 24.0. The van der Waals surface area contributed by atoms with E-state index < -0.39 is 11.6 Å². The van der Waals surface area contributed by atoms with Crippen LogP contribution in [0.2, 0.25) is 0 Å². The molecule has 4 aromatic carbocycles. The van der Waals surface area contributed by atoms with Gasteiger partial charge in [-0.1, -0.05) is 64.5 Å². The number of halogens is 1. The molecule has 1 aliphatic rings. The third-order valence-corrected chi connectivity index (χ3v) is 8.24.